The van der Waals surface area contributed by atoms with E-state index in [1.54, 1.807) is 30.3 Å². The zero-order valence-electron chi connectivity index (χ0n) is 11.1. The minimum Gasteiger partial charge on any atom is -0.323 e. The van der Waals surface area contributed by atoms with Crippen molar-refractivity contribution in [3.8, 4) is 0 Å². The van der Waals surface area contributed by atoms with Crippen molar-refractivity contribution in [2.24, 2.45) is 0 Å². The lowest BCUT2D eigenvalue weighted by Gasteiger charge is -2.30. The fraction of sp³-hybridized carbons (Fsp3) is 0.0714. The minimum atomic E-state index is -4.06. The fourth-order valence-electron chi connectivity index (χ4n) is 2.26. The Morgan fingerprint density at radius 2 is 1.64 bits per heavy atom. The highest BCUT2D eigenvalue weighted by Crippen LogP contribution is 2.37. The fourth-order valence-corrected chi connectivity index (χ4v) is 4.79. The number of hydrogen-bond donors (Lipinski definition) is 1. The van der Waals surface area contributed by atoms with Crippen LogP contribution in [0.25, 0.3) is 0 Å². The summed E-state index contributed by atoms with van der Waals surface area (Å²) in [5.41, 5.74) is 0.795. The normalized spacial score (nSPS) is 14.5. The summed E-state index contributed by atoms with van der Waals surface area (Å²) in [6.07, 6.45) is 0. The average molecular weight is 357 g/mol. The van der Waals surface area contributed by atoms with Gasteiger partial charge in [0.25, 0.3) is 10.0 Å². The number of sulfonamides is 1. The number of carbonyl (C=O) groups excluding carboxylic acids is 1. The number of hydrogen-bond acceptors (Lipinski definition) is 3. The number of halogens is 2. The van der Waals surface area contributed by atoms with E-state index in [-0.39, 0.29) is 21.5 Å². The molecule has 1 N–H and O–H groups in total. The van der Waals surface area contributed by atoms with E-state index in [2.05, 4.69) is 5.32 Å². The lowest BCUT2D eigenvalue weighted by molar-refractivity contribution is -0.115. The first kappa shape index (κ1) is 15.1. The van der Waals surface area contributed by atoms with Gasteiger partial charge < -0.3 is 5.32 Å². The van der Waals surface area contributed by atoms with Crippen LogP contribution in [0.1, 0.15) is 0 Å². The molecule has 114 valence electrons. The molecular weight excluding hydrogens is 347 g/mol. The first-order valence-electron chi connectivity index (χ1n) is 6.27. The topological polar surface area (TPSA) is 66.5 Å². The maximum absolute atomic E-state index is 12.9. The van der Waals surface area contributed by atoms with Crippen molar-refractivity contribution < 1.29 is 13.2 Å². The molecule has 2 aromatic rings. The third kappa shape index (κ3) is 2.43. The molecule has 5 nitrogen and oxygen atoms in total. The molecule has 1 amide bonds. The van der Waals surface area contributed by atoms with Crippen LogP contribution < -0.4 is 9.62 Å². The Hall–Kier alpha value is -1.76. The van der Waals surface area contributed by atoms with Crippen molar-refractivity contribution in [2.45, 2.75) is 4.90 Å². The Labute approximate surface area is 137 Å². The van der Waals surface area contributed by atoms with E-state index in [0.29, 0.717) is 11.4 Å². The molecule has 0 saturated carbocycles. The maximum atomic E-state index is 12.9. The van der Waals surface area contributed by atoms with Crippen molar-refractivity contribution >= 4 is 50.5 Å². The summed E-state index contributed by atoms with van der Waals surface area (Å²) in [6, 6.07) is 11.1. The Morgan fingerprint density at radius 3 is 2.32 bits per heavy atom. The third-order valence-electron chi connectivity index (χ3n) is 3.20. The summed E-state index contributed by atoms with van der Waals surface area (Å²) >= 11 is 12.0. The van der Waals surface area contributed by atoms with Crippen LogP contribution in [0.2, 0.25) is 10.0 Å². The second-order valence-electron chi connectivity index (χ2n) is 4.63. The van der Waals surface area contributed by atoms with Crippen molar-refractivity contribution in [3.05, 3.63) is 52.5 Å². The van der Waals surface area contributed by atoms with Gasteiger partial charge in [-0.2, -0.15) is 0 Å². The van der Waals surface area contributed by atoms with Gasteiger partial charge in [0.2, 0.25) is 5.91 Å². The molecule has 0 spiro atoms. The van der Waals surface area contributed by atoms with Crippen molar-refractivity contribution in [1.29, 1.82) is 0 Å². The highest BCUT2D eigenvalue weighted by Gasteiger charge is 2.34. The molecule has 0 saturated heterocycles. The zero-order chi connectivity index (χ0) is 15.9. The maximum Gasteiger partial charge on any atom is 0.267 e. The summed E-state index contributed by atoms with van der Waals surface area (Å²) < 4.78 is 26.8. The van der Waals surface area contributed by atoms with E-state index in [9.17, 15) is 13.2 Å². The summed E-state index contributed by atoms with van der Waals surface area (Å²) in [7, 11) is -4.06. The highest BCUT2D eigenvalue weighted by molar-refractivity contribution is 7.93. The van der Waals surface area contributed by atoms with Gasteiger partial charge in [0.05, 0.1) is 21.4 Å². The SMILES string of the molecule is O=C1CN(S(=O)(=O)c2c(Cl)cccc2Cl)c2ccccc2N1. The molecule has 0 aromatic heterocycles. The second kappa shape index (κ2) is 5.46. The summed E-state index contributed by atoms with van der Waals surface area (Å²) in [5, 5.41) is 2.65. The van der Waals surface area contributed by atoms with Crippen LogP contribution in [-0.2, 0) is 14.8 Å². The number of nitrogens with zero attached hydrogens (tertiary/aromatic N) is 1. The van der Waals surface area contributed by atoms with Crippen LogP contribution in [0.3, 0.4) is 0 Å². The van der Waals surface area contributed by atoms with Gasteiger partial charge >= 0.3 is 0 Å². The number of amides is 1. The predicted octanol–water partition coefficient (Wildman–Crippen LogP) is 3.14. The Kier molecular flexibility index (Phi) is 3.76. The third-order valence-corrected chi connectivity index (χ3v) is 5.92. The van der Waals surface area contributed by atoms with E-state index < -0.39 is 15.9 Å². The summed E-state index contributed by atoms with van der Waals surface area (Å²) in [5.74, 6) is -0.426. The monoisotopic (exact) mass is 356 g/mol. The quantitative estimate of drug-likeness (QED) is 0.898. The Bertz CT molecular complexity index is 848. The molecule has 1 aliphatic heterocycles. The molecule has 0 aliphatic carbocycles. The van der Waals surface area contributed by atoms with E-state index >= 15 is 0 Å². The van der Waals surface area contributed by atoms with E-state index in [1.807, 2.05) is 0 Å². The van der Waals surface area contributed by atoms with Gasteiger partial charge in [0, 0.05) is 0 Å². The van der Waals surface area contributed by atoms with Crippen molar-refractivity contribution in [1.82, 2.24) is 0 Å². The highest BCUT2D eigenvalue weighted by atomic mass is 35.5. The number of benzene rings is 2. The van der Waals surface area contributed by atoms with Gasteiger partial charge in [0.1, 0.15) is 11.4 Å². The molecule has 3 rings (SSSR count). The van der Waals surface area contributed by atoms with Gasteiger partial charge in [-0.3, -0.25) is 9.10 Å². The zero-order valence-corrected chi connectivity index (χ0v) is 13.4. The van der Waals surface area contributed by atoms with Crippen LogP contribution in [-0.4, -0.2) is 20.9 Å². The van der Waals surface area contributed by atoms with Gasteiger partial charge in [-0.25, -0.2) is 8.42 Å². The van der Waals surface area contributed by atoms with Crippen LogP contribution in [0, 0.1) is 0 Å². The van der Waals surface area contributed by atoms with E-state index in [1.165, 1.54) is 12.1 Å². The molecule has 0 bridgehead atoms. The average Bonchev–Trinajstić information content (AvgIpc) is 2.45. The number of fused-ring (bicyclic) bond motifs is 1. The lowest BCUT2D eigenvalue weighted by atomic mass is 10.2. The lowest BCUT2D eigenvalue weighted by Crippen LogP contribution is -2.42. The molecule has 22 heavy (non-hydrogen) atoms. The van der Waals surface area contributed by atoms with Crippen LogP contribution in [0.15, 0.2) is 47.4 Å². The molecule has 2 aromatic carbocycles. The van der Waals surface area contributed by atoms with E-state index in [0.717, 1.165) is 4.31 Å². The molecule has 1 heterocycles. The smallest absolute Gasteiger partial charge is 0.267 e. The van der Waals surface area contributed by atoms with Gasteiger partial charge in [-0.1, -0.05) is 41.4 Å². The first-order chi connectivity index (χ1) is 10.4. The number of anilines is 2. The molecule has 8 heteroatoms. The van der Waals surface area contributed by atoms with Crippen LogP contribution in [0.5, 0.6) is 0 Å². The standard InChI is InChI=1S/C14H10Cl2N2O3S/c15-9-4-3-5-10(16)14(9)22(20,21)18-8-13(19)17-11-6-1-2-7-12(11)18/h1-7H,8H2,(H,17,19). The van der Waals surface area contributed by atoms with Gasteiger partial charge in [-0.15, -0.1) is 0 Å². The van der Waals surface area contributed by atoms with Crippen molar-refractivity contribution in [3.63, 3.8) is 0 Å². The predicted molar refractivity (Wildman–Crippen MR) is 86.1 cm³/mol. The number of nitrogens with one attached hydrogen (secondary N) is 1. The van der Waals surface area contributed by atoms with Gasteiger partial charge in [-0.05, 0) is 24.3 Å². The molecule has 0 unspecified atom stereocenters. The molecular formula is C14H10Cl2N2O3S. The molecule has 1 aliphatic rings. The number of para-hydroxylation sites is 2. The molecule has 0 atom stereocenters. The Balaban J connectivity index is 2.20. The van der Waals surface area contributed by atoms with Crippen LogP contribution in [0.4, 0.5) is 11.4 Å². The Morgan fingerprint density at radius 1 is 1.00 bits per heavy atom. The first-order valence-corrected chi connectivity index (χ1v) is 8.46. The number of rotatable bonds is 2. The van der Waals surface area contributed by atoms with E-state index in [4.69, 9.17) is 23.2 Å². The second-order valence-corrected chi connectivity index (χ2v) is 7.24. The summed E-state index contributed by atoms with van der Waals surface area (Å²) in [6.45, 7) is -0.332. The molecule has 0 radical (unpaired) electrons. The minimum absolute atomic E-state index is 0.0102. The van der Waals surface area contributed by atoms with Crippen LogP contribution >= 0.6 is 23.2 Å². The summed E-state index contributed by atoms with van der Waals surface area (Å²) in [4.78, 5) is 11.6. The van der Waals surface area contributed by atoms with Gasteiger partial charge in [0.15, 0.2) is 0 Å². The largest absolute Gasteiger partial charge is 0.323 e. The molecule has 0 fully saturated rings. The van der Waals surface area contributed by atoms with Crippen molar-refractivity contribution in [2.75, 3.05) is 16.2 Å². The number of carbonyl (C=O) groups is 1.